The minimum atomic E-state index is -5.11. The maximum absolute atomic E-state index is 12.8. The lowest BCUT2D eigenvalue weighted by Gasteiger charge is -2.12. The molecule has 0 aliphatic heterocycles. The summed E-state index contributed by atoms with van der Waals surface area (Å²) in [5.74, 6) is -3.07. The average molecular weight is 353 g/mol. The van der Waals surface area contributed by atoms with Gasteiger partial charge in [0, 0.05) is 19.8 Å². The summed E-state index contributed by atoms with van der Waals surface area (Å²) in [7, 11) is 3.65. The highest BCUT2D eigenvalue weighted by atomic mass is 32.1. The number of benzene rings is 1. The van der Waals surface area contributed by atoms with Crippen molar-refractivity contribution in [1.82, 2.24) is 0 Å². The normalized spacial score (nSPS) is 12.1. The zero-order valence-electron chi connectivity index (χ0n) is 12.9. The van der Waals surface area contributed by atoms with Gasteiger partial charge in [0.25, 0.3) is 5.78 Å². The highest BCUT2D eigenvalue weighted by Gasteiger charge is 2.43. The van der Waals surface area contributed by atoms with Gasteiger partial charge in [0.15, 0.2) is 0 Å². The van der Waals surface area contributed by atoms with Crippen LogP contribution in [0.3, 0.4) is 0 Å². The quantitative estimate of drug-likeness (QED) is 0.350. The highest BCUT2D eigenvalue weighted by Crippen LogP contribution is 2.26. The van der Waals surface area contributed by atoms with Gasteiger partial charge >= 0.3 is 6.18 Å². The molecule has 3 nitrogen and oxygen atoms in total. The SMILES string of the molecule is CN(C)c1ccc(/C=C(/C(=O)c2cccs2)C(=O)C(F)(F)F)cc1. The van der Waals surface area contributed by atoms with E-state index >= 15 is 0 Å². The van der Waals surface area contributed by atoms with Crippen LogP contribution in [0, 0.1) is 0 Å². The molecule has 7 heteroatoms. The van der Waals surface area contributed by atoms with Crippen LogP contribution in [-0.2, 0) is 4.79 Å². The van der Waals surface area contributed by atoms with Gasteiger partial charge in [-0.15, -0.1) is 11.3 Å². The standard InChI is InChI=1S/C17H14F3NO2S/c1-21(2)12-7-5-11(6-8-12)10-13(16(23)17(18,19)20)15(22)14-4-3-9-24-14/h3-10H,1-2H3/b13-10-. The van der Waals surface area contributed by atoms with Crippen molar-refractivity contribution in [3.05, 3.63) is 57.8 Å². The number of hydrogen-bond acceptors (Lipinski definition) is 4. The summed E-state index contributed by atoms with van der Waals surface area (Å²) in [5.41, 5.74) is 0.307. The summed E-state index contributed by atoms with van der Waals surface area (Å²) >= 11 is 0.988. The van der Waals surface area contributed by atoms with E-state index in [1.807, 2.05) is 19.0 Å². The average Bonchev–Trinajstić information content (AvgIpc) is 3.05. The number of halogens is 3. The van der Waals surface area contributed by atoms with Gasteiger partial charge in [-0.05, 0) is 35.2 Å². The van der Waals surface area contributed by atoms with Crippen LogP contribution < -0.4 is 4.90 Å². The molecular weight excluding hydrogens is 339 g/mol. The minimum absolute atomic E-state index is 0.0868. The number of rotatable bonds is 5. The Hall–Kier alpha value is -2.41. The van der Waals surface area contributed by atoms with E-state index in [1.54, 1.807) is 35.7 Å². The molecule has 0 N–H and O–H groups in total. The Labute approximate surface area is 141 Å². The zero-order chi connectivity index (χ0) is 17.9. The summed E-state index contributed by atoms with van der Waals surface area (Å²) in [6, 6.07) is 9.43. The third-order valence-electron chi connectivity index (χ3n) is 3.21. The van der Waals surface area contributed by atoms with E-state index in [9.17, 15) is 22.8 Å². The molecule has 0 spiro atoms. The topological polar surface area (TPSA) is 37.4 Å². The monoisotopic (exact) mass is 353 g/mol. The summed E-state index contributed by atoms with van der Waals surface area (Å²) in [4.78, 5) is 25.9. The third kappa shape index (κ3) is 4.11. The second-order valence-electron chi connectivity index (χ2n) is 5.18. The molecule has 126 valence electrons. The fourth-order valence-electron chi connectivity index (χ4n) is 1.96. The molecule has 0 bridgehead atoms. The summed E-state index contributed by atoms with van der Waals surface area (Å²) in [6.07, 6.45) is -4.13. The van der Waals surface area contributed by atoms with Crippen LogP contribution in [-0.4, -0.2) is 31.8 Å². The van der Waals surface area contributed by atoms with Gasteiger partial charge in [-0.25, -0.2) is 0 Å². The molecule has 0 aliphatic carbocycles. The number of Topliss-reactive ketones (excluding diaryl/α,β-unsaturated/α-hetero) is 2. The second kappa shape index (κ2) is 7.00. The number of allylic oxidation sites excluding steroid dienone is 1. The Bertz CT molecular complexity index is 760. The lowest BCUT2D eigenvalue weighted by atomic mass is 10.0. The molecule has 0 unspecified atom stereocenters. The molecule has 1 aromatic heterocycles. The van der Waals surface area contributed by atoms with Crippen LogP contribution in [0.5, 0.6) is 0 Å². The van der Waals surface area contributed by atoms with Crippen LogP contribution in [0.4, 0.5) is 18.9 Å². The van der Waals surface area contributed by atoms with Crippen LogP contribution in [0.2, 0.25) is 0 Å². The van der Waals surface area contributed by atoms with E-state index in [1.165, 1.54) is 6.07 Å². The van der Waals surface area contributed by atoms with Crippen molar-refractivity contribution < 1.29 is 22.8 Å². The van der Waals surface area contributed by atoms with Crippen molar-refractivity contribution in [1.29, 1.82) is 0 Å². The molecule has 2 aromatic rings. The fourth-order valence-corrected chi connectivity index (χ4v) is 2.64. The molecule has 2 rings (SSSR count). The van der Waals surface area contributed by atoms with Crippen molar-refractivity contribution in [3.8, 4) is 0 Å². The van der Waals surface area contributed by atoms with Crippen molar-refractivity contribution in [2.75, 3.05) is 19.0 Å². The van der Waals surface area contributed by atoms with E-state index in [-0.39, 0.29) is 4.88 Å². The molecule has 24 heavy (non-hydrogen) atoms. The Morgan fingerprint density at radius 3 is 2.17 bits per heavy atom. The van der Waals surface area contributed by atoms with E-state index in [2.05, 4.69) is 0 Å². The molecule has 0 fully saturated rings. The zero-order valence-corrected chi connectivity index (χ0v) is 13.7. The lowest BCUT2D eigenvalue weighted by molar-refractivity contribution is -0.166. The number of nitrogens with zero attached hydrogens (tertiary/aromatic N) is 1. The first-order valence-electron chi connectivity index (χ1n) is 6.89. The fraction of sp³-hybridized carbons (Fsp3) is 0.176. The van der Waals surface area contributed by atoms with Gasteiger partial charge in [0.2, 0.25) is 5.78 Å². The highest BCUT2D eigenvalue weighted by molar-refractivity contribution is 7.12. The van der Waals surface area contributed by atoms with Crippen LogP contribution in [0.15, 0.2) is 47.4 Å². The van der Waals surface area contributed by atoms with Gasteiger partial charge in [0.05, 0.1) is 10.5 Å². The summed E-state index contributed by atoms with van der Waals surface area (Å²) < 4.78 is 38.5. The molecule has 0 amide bonds. The summed E-state index contributed by atoms with van der Waals surface area (Å²) in [5, 5.41) is 1.56. The molecule has 0 radical (unpaired) electrons. The number of thiophene rings is 1. The largest absolute Gasteiger partial charge is 0.455 e. The molecule has 0 saturated carbocycles. The Kier molecular flexibility index (Phi) is 5.23. The minimum Gasteiger partial charge on any atom is -0.378 e. The van der Waals surface area contributed by atoms with Gasteiger partial charge in [-0.1, -0.05) is 18.2 Å². The van der Waals surface area contributed by atoms with Crippen LogP contribution in [0.1, 0.15) is 15.2 Å². The van der Waals surface area contributed by atoms with Crippen molar-refractivity contribution in [2.45, 2.75) is 6.18 Å². The number of carbonyl (C=O) groups is 2. The molecular formula is C17H14F3NO2S. The van der Waals surface area contributed by atoms with E-state index in [0.29, 0.717) is 5.56 Å². The Morgan fingerprint density at radius 1 is 1.08 bits per heavy atom. The Morgan fingerprint density at radius 2 is 1.71 bits per heavy atom. The van der Waals surface area contributed by atoms with E-state index < -0.39 is 23.3 Å². The predicted molar refractivity (Wildman–Crippen MR) is 88.5 cm³/mol. The second-order valence-corrected chi connectivity index (χ2v) is 6.12. The first-order valence-corrected chi connectivity index (χ1v) is 7.77. The number of carbonyl (C=O) groups excluding carboxylic acids is 2. The molecule has 1 heterocycles. The number of hydrogen-bond donors (Lipinski definition) is 0. The first kappa shape index (κ1) is 17.9. The van der Waals surface area contributed by atoms with Crippen molar-refractivity contribution in [2.24, 2.45) is 0 Å². The first-order chi connectivity index (χ1) is 11.2. The van der Waals surface area contributed by atoms with Gasteiger partial charge < -0.3 is 4.90 Å². The van der Waals surface area contributed by atoms with E-state index in [4.69, 9.17) is 0 Å². The molecule has 0 atom stereocenters. The molecule has 0 aliphatic rings. The number of anilines is 1. The molecule has 0 saturated heterocycles. The van der Waals surface area contributed by atoms with Crippen LogP contribution in [0.25, 0.3) is 6.08 Å². The van der Waals surface area contributed by atoms with Gasteiger partial charge in [-0.3, -0.25) is 9.59 Å². The lowest BCUT2D eigenvalue weighted by Crippen LogP contribution is -2.28. The van der Waals surface area contributed by atoms with Gasteiger partial charge in [-0.2, -0.15) is 13.2 Å². The smallest absolute Gasteiger partial charge is 0.378 e. The van der Waals surface area contributed by atoms with E-state index in [0.717, 1.165) is 23.1 Å². The third-order valence-corrected chi connectivity index (χ3v) is 4.08. The maximum Gasteiger partial charge on any atom is 0.455 e. The van der Waals surface area contributed by atoms with Gasteiger partial charge in [0.1, 0.15) is 0 Å². The van der Waals surface area contributed by atoms with Crippen molar-refractivity contribution in [3.63, 3.8) is 0 Å². The van der Waals surface area contributed by atoms with Crippen molar-refractivity contribution >= 4 is 34.7 Å². The summed E-state index contributed by atoms with van der Waals surface area (Å²) in [6.45, 7) is 0. The number of alkyl halides is 3. The maximum atomic E-state index is 12.8. The molecule has 1 aromatic carbocycles. The predicted octanol–water partition coefficient (Wildman–Crippen LogP) is 4.21. The number of ketones is 2. The van der Waals surface area contributed by atoms with Crippen LogP contribution >= 0.6 is 11.3 Å². The Balaban J connectivity index is 2.45.